The van der Waals surface area contributed by atoms with Crippen molar-refractivity contribution in [2.45, 2.75) is 32.4 Å². The molecule has 4 rings (SSSR count). The standard InChI is InChI=1S/C27H34N4OS/c1-19(2)18-24(27(28)32)30-26(25-4-3-17-33-25)22-7-5-20(6-8-22)21-9-11-23(12-10-21)31-15-13-29-14-16-31/h3-12,17,19,24,26,29-30H,13-16,18H2,1-2H3,(H2,28,32)/t24-,26-/m0/s1. The highest BCUT2D eigenvalue weighted by Gasteiger charge is 2.24. The maximum Gasteiger partial charge on any atom is 0.234 e. The lowest BCUT2D eigenvalue weighted by Crippen LogP contribution is -2.44. The molecule has 1 amide bonds. The van der Waals surface area contributed by atoms with Crippen LogP contribution in [0.4, 0.5) is 5.69 Å². The first-order chi connectivity index (χ1) is 16.0. The average Bonchev–Trinajstić information content (AvgIpc) is 3.37. The number of anilines is 1. The van der Waals surface area contributed by atoms with E-state index in [1.807, 2.05) is 6.07 Å². The van der Waals surface area contributed by atoms with Gasteiger partial charge < -0.3 is 16.0 Å². The number of benzene rings is 2. The van der Waals surface area contributed by atoms with Crippen LogP contribution in [0.2, 0.25) is 0 Å². The fourth-order valence-corrected chi connectivity index (χ4v) is 5.20. The van der Waals surface area contributed by atoms with Crippen molar-refractivity contribution in [3.63, 3.8) is 0 Å². The molecule has 0 unspecified atom stereocenters. The molecule has 0 saturated carbocycles. The van der Waals surface area contributed by atoms with Crippen molar-refractivity contribution >= 4 is 22.9 Å². The number of nitrogens with two attached hydrogens (primary N) is 1. The summed E-state index contributed by atoms with van der Waals surface area (Å²) in [5.74, 6) is 0.0805. The van der Waals surface area contributed by atoms with Crippen LogP contribution in [0.1, 0.15) is 36.8 Å². The minimum atomic E-state index is -0.366. The molecule has 6 heteroatoms. The third kappa shape index (κ3) is 6.02. The van der Waals surface area contributed by atoms with Gasteiger partial charge in [0.1, 0.15) is 0 Å². The number of amides is 1. The Balaban J connectivity index is 1.53. The lowest BCUT2D eigenvalue weighted by atomic mass is 9.97. The minimum absolute atomic E-state index is 0.0645. The Kier molecular flexibility index (Phi) is 7.81. The van der Waals surface area contributed by atoms with E-state index in [4.69, 9.17) is 5.73 Å². The SMILES string of the molecule is CC(C)C[C@H](N[C@@H](c1ccc(-c2ccc(N3CCNCC3)cc2)cc1)c1cccs1)C(N)=O. The predicted octanol–water partition coefficient (Wildman–Crippen LogP) is 4.40. The summed E-state index contributed by atoms with van der Waals surface area (Å²) in [5.41, 5.74) is 10.5. The molecule has 0 spiro atoms. The van der Waals surface area contributed by atoms with Crippen LogP contribution >= 0.6 is 11.3 Å². The monoisotopic (exact) mass is 462 g/mol. The first kappa shape index (κ1) is 23.5. The molecule has 0 aliphatic carbocycles. The van der Waals surface area contributed by atoms with Gasteiger partial charge in [0.2, 0.25) is 5.91 Å². The van der Waals surface area contributed by atoms with Gasteiger partial charge in [-0.25, -0.2) is 0 Å². The van der Waals surface area contributed by atoms with Gasteiger partial charge in [0, 0.05) is 36.7 Å². The fraction of sp³-hybridized carbons (Fsp3) is 0.370. The highest BCUT2D eigenvalue weighted by atomic mass is 32.1. The lowest BCUT2D eigenvalue weighted by molar-refractivity contribution is -0.120. The number of piperazine rings is 1. The Labute approximate surface area is 201 Å². The molecule has 0 radical (unpaired) electrons. The maximum atomic E-state index is 12.1. The summed E-state index contributed by atoms with van der Waals surface area (Å²) in [6.45, 7) is 8.40. The average molecular weight is 463 g/mol. The molecule has 1 aliphatic heterocycles. The molecule has 174 valence electrons. The molecule has 3 aromatic rings. The molecular weight excluding hydrogens is 428 g/mol. The van der Waals surface area contributed by atoms with Gasteiger partial charge in [-0.3, -0.25) is 10.1 Å². The van der Waals surface area contributed by atoms with Crippen LogP contribution in [-0.2, 0) is 4.79 Å². The first-order valence-electron chi connectivity index (χ1n) is 11.8. The second-order valence-corrected chi connectivity index (χ2v) is 10.1. The number of primary amides is 1. The molecule has 33 heavy (non-hydrogen) atoms. The van der Waals surface area contributed by atoms with Crippen LogP contribution in [0.25, 0.3) is 11.1 Å². The van der Waals surface area contributed by atoms with Crippen molar-refractivity contribution in [1.82, 2.24) is 10.6 Å². The van der Waals surface area contributed by atoms with E-state index in [2.05, 4.69) is 89.4 Å². The van der Waals surface area contributed by atoms with Gasteiger partial charge in [0.05, 0.1) is 12.1 Å². The number of hydrogen-bond donors (Lipinski definition) is 3. The Hall–Kier alpha value is -2.67. The maximum absolute atomic E-state index is 12.1. The number of carbonyl (C=O) groups excluding carboxylic acids is 1. The third-order valence-corrected chi connectivity index (χ3v) is 7.11. The number of nitrogens with one attached hydrogen (secondary N) is 2. The van der Waals surface area contributed by atoms with Crippen LogP contribution in [0.3, 0.4) is 0 Å². The van der Waals surface area contributed by atoms with E-state index in [-0.39, 0.29) is 18.0 Å². The molecule has 1 fully saturated rings. The van der Waals surface area contributed by atoms with Crippen molar-refractivity contribution in [3.8, 4) is 11.1 Å². The zero-order chi connectivity index (χ0) is 23.2. The molecule has 2 aromatic carbocycles. The predicted molar refractivity (Wildman–Crippen MR) is 139 cm³/mol. The Bertz CT molecular complexity index is 1010. The summed E-state index contributed by atoms with van der Waals surface area (Å²) < 4.78 is 0. The van der Waals surface area contributed by atoms with Crippen LogP contribution in [-0.4, -0.2) is 38.1 Å². The van der Waals surface area contributed by atoms with E-state index in [0.29, 0.717) is 12.3 Å². The summed E-state index contributed by atoms with van der Waals surface area (Å²) in [6.07, 6.45) is 0.717. The van der Waals surface area contributed by atoms with E-state index in [1.54, 1.807) is 11.3 Å². The Morgan fingerprint density at radius 2 is 1.67 bits per heavy atom. The lowest BCUT2D eigenvalue weighted by Gasteiger charge is -2.29. The van der Waals surface area contributed by atoms with Crippen LogP contribution in [0.5, 0.6) is 0 Å². The summed E-state index contributed by atoms with van der Waals surface area (Å²) in [7, 11) is 0. The van der Waals surface area contributed by atoms with Crippen molar-refractivity contribution < 1.29 is 4.79 Å². The Morgan fingerprint density at radius 1 is 1.03 bits per heavy atom. The zero-order valence-electron chi connectivity index (χ0n) is 19.5. The van der Waals surface area contributed by atoms with Crippen LogP contribution < -0.4 is 21.3 Å². The molecule has 0 bridgehead atoms. The van der Waals surface area contributed by atoms with E-state index < -0.39 is 0 Å². The minimum Gasteiger partial charge on any atom is -0.369 e. The van der Waals surface area contributed by atoms with E-state index in [9.17, 15) is 4.79 Å². The fourth-order valence-electron chi connectivity index (χ4n) is 4.39. The number of carbonyl (C=O) groups is 1. The number of thiophene rings is 1. The molecular formula is C27H34N4OS. The Morgan fingerprint density at radius 3 is 2.21 bits per heavy atom. The number of hydrogen-bond acceptors (Lipinski definition) is 5. The van der Waals surface area contributed by atoms with Crippen molar-refractivity contribution in [1.29, 1.82) is 0 Å². The van der Waals surface area contributed by atoms with Gasteiger partial charge in [0.25, 0.3) is 0 Å². The van der Waals surface area contributed by atoms with Gasteiger partial charge in [-0.15, -0.1) is 11.3 Å². The third-order valence-electron chi connectivity index (χ3n) is 6.17. The first-order valence-corrected chi connectivity index (χ1v) is 12.6. The summed E-state index contributed by atoms with van der Waals surface area (Å²) >= 11 is 1.69. The van der Waals surface area contributed by atoms with Gasteiger partial charge in [-0.2, -0.15) is 0 Å². The number of rotatable bonds is 9. The second kappa shape index (κ2) is 11.0. The van der Waals surface area contributed by atoms with Crippen LogP contribution in [0.15, 0.2) is 66.0 Å². The molecule has 1 aromatic heterocycles. The summed E-state index contributed by atoms with van der Waals surface area (Å²) in [6, 6.07) is 21.2. The van der Waals surface area contributed by atoms with Crippen molar-refractivity contribution in [3.05, 3.63) is 76.5 Å². The van der Waals surface area contributed by atoms with Gasteiger partial charge >= 0.3 is 0 Å². The van der Waals surface area contributed by atoms with Crippen molar-refractivity contribution in [2.24, 2.45) is 11.7 Å². The molecule has 1 aliphatic rings. The summed E-state index contributed by atoms with van der Waals surface area (Å²) in [4.78, 5) is 15.7. The number of nitrogens with zero attached hydrogens (tertiary/aromatic N) is 1. The molecule has 4 N–H and O–H groups in total. The highest BCUT2D eigenvalue weighted by molar-refractivity contribution is 7.10. The van der Waals surface area contributed by atoms with Crippen molar-refractivity contribution in [2.75, 3.05) is 31.1 Å². The largest absolute Gasteiger partial charge is 0.369 e. The smallest absolute Gasteiger partial charge is 0.234 e. The quantitative estimate of drug-likeness (QED) is 0.441. The van der Waals surface area contributed by atoms with Gasteiger partial charge in [-0.1, -0.05) is 56.3 Å². The van der Waals surface area contributed by atoms with E-state index in [1.165, 1.54) is 21.7 Å². The zero-order valence-corrected chi connectivity index (χ0v) is 20.3. The molecule has 5 nitrogen and oxygen atoms in total. The van der Waals surface area contributed by atoms with Crippen LogP contribution in [0, 0.1) is 5.92 Å². The molecule has 2 heterocycles. The second-order valence-electron chi connectivity index (χ2n) is 9.11. The van der Waals surface area contributed by atoms with E-state index in [0.717, 1.165) is 31.7 Å². The molecule has 1 saturated heterocycles. The summed E-state index contributed by atoms with van der Waals surface area (Å²) in [5, 5.41) is 9.00. The van der Waals surface area contributed by atoms with E-state index >= 15 is 0 Å². The highest BCUT2D eigenvalue weighted by Crippen LogP contribution is 2.30. The van der Waals surface area contributed by atoms with Gasteiger partial charge in [-0.05, 0) is 52.6 Å². The normalized spacial score (nSPS) is 16.0. The topological polar surface area (TPSA) is 70.4 Å². The van der Waals surface area contributed by atoms with Gasteiger partial charge in [0.15, 0.2) is 0 Å². The molecule has 2 atom stereocenters.